The molecule has 2 aromatic carbocycles. The number of aromatic hydroxyl groups is 1. The largest absolute Gasteiger partial charge is 0.508 e. The standard InChI is InChI=1S/C21H25NO3/c1-3-4-5-15-25-20-8-6-7-18(16-20)22(2)21(24)14-11-17-9-12-19(23)13-10-17/h6-14,16,23H,3-5,15H2,1-2H3. The van der Waals surface area contributed by atoms with E-state index in [2.05, 4.69) is 6.92 Å². The number of carbonyl (C=O) groups is 1. The molecule has 1 N–H and O–H groups in total. The van der Waals surface area contributed by atoms with Crippen molar-refractivity contribution in [3.63, 3.8) is 0 Å². The summed E-state index contributed by atoms with van der Waals surface area (Å²) in [5.41, 5.74) is 1.64. The second kappa shape index (κ2) is 9.52. The van der Waals surface area contributed by atoms with Gasteiger partial charge in [-0.2, -0.15) is 0 Å². The van der Waals surface area contributed by atoms with Crippen molar-refractivity contribution in [3.8, 4) is 11.5 Å². The Hall–Kier alpha value is -2.75. The van der Waals surface area contributed by atoms with Crippen LogP contribution in [0.3, 0.4) is 0 Å². The van der Waals surface area contributed by atoms with Crippen LogP contribution in [0.4, 0.5) is 5.69 Å². The molecule has 0 saturated carbocycles. The van der Waals surface area contributed by atoms with E-state index in [1.807, 2.05) is 24.3 Å². The maximum atomic E-state index is 12.3. The third kappa shape index (κ3) is 5.99. The molecular formula is C21H25NO3. The first-order chi connectivity index (χ1) is 12.1. The Balaban J connectivity index is 1.97. The van der Waals surface area contributed by atoms with Crippen molar-refractivity contribution in [1.82, 2.24) is 0 Å². The lowest BCUT2D eigenvalue weighted by Gasteiger charge is -2.16. The summed E-state index contributed by atoms with van der Waals surface area (Å²) < 4.78 is 5.74. The molecule has 0 fully saturated rings. The van der Waals surface area contributed by atoms with Gasteiger partial charge in [0.15, 0.2) is 0 Å². The molecule has 2 aromatic rings. The van der Waals surface area contributed by atoms with Gasteiger partial charge in [-0.25, -0.2) is 0 Å². The number of ether oxygens (including phenoxy) is 1. The predicted octanol–water partition coefficient (Wildman–Crippen LogP) is 4.64. The number of phenolic OH excluding ortho intramolecular Hbond substituents is 1. The fourth-order valence-electron chi connectivity index (χ4n) is 2.32. The normalized spacial score (nSPS) is 10.8. The van der Waals surface area contributed by atoms with Crippen molar-refractivity contribution in [2.75, 3.05) is 18.6 Å². The minimum absolute atomic E-state index is 0.129. The topological polar surface area (TPSA) is 49.8 Å². The molecule has 0 radical (unpaired) electrons. The lowest BCUT2D eigenvalue weighted by Crippen LogP contribution is -2.23. The van der Waals surface area contributed by atoms with Gasteiger partial charge in [-0.05, 0) is 42.3 Å². The number of benzene rings is 2. The van der Waals surface area contributed by atoms with Gasteiger partial charge in [0.1, 0.15) is 11.5 Å². The number of amides is 1. The zero-order chi connectivity index (χ0) is 18.1. The molecule has 0 bridgehead atoms. The Morgan fingerprint density at radius 3 is 2.64 bits per heavy atom. The number of phenols is 1. The van der Waals surface area contributed by atoms with Gasteiger partial charge in [0.2, 0.25) is 0 Å². The molecular weight excluding hydrogens is 314 g/mol. The van der Waals surface area contributed by atoms with Crippen LogP contribution in [0.15, 0.2) is 54.6 Å². The van der Waals surface area contributed by atoms with E-state index in [0.717, 1.165) is 36.3 Å². The fraction of sp³-hybridized carbons (Fsp3) is 0.286. The van der Waals surface area contributed by atoms with Gasteiger partial charge in [0.25, 0.3) is 5.91 Å². The summed E-state index contributed by atoms with van der Waals surface area (Å²) in [6.07, 6.45) is 6.59. The molecule has 0 saturated heterocycles. The number of anilines is 1. The number of hydrogen-bond donors (Lipinski definition) is 1. The lowest BCUT2D eigenvalue weighted by molar-refractivity contribution is -0.113. The van der Waals surface area contributed by atoms with Crippen molar-refractivity contribution in [3.05, 3.63) is 60.2 Å². The molecule has 1 amide bonds. The summed E-state index contributed by atoms with van der Waals surface area (Å²) >= 11 is 0. The molecule has 0 aliphatic rings. The molecule has 0 aliphatic heterocycles. The first-order valence-corrected chi connectivity index (χ1v) is 8.58. The maximum Gasteiger partial charge on any atom is 0.250 e. The monoisotopic (exact) mass is 339 g/mol. The van der Waals surface area contributed by atoms with Crippen molar-refractivity contribution in [1.29, 1.82) is 0 Å². The van der Waals surface area contributed by atoms with Crippen LogP contribution in [0.25, 0.3) is 6.08 Å². The zero-order valence-corrected chi connectivity index (χ0v) is 14.8. The van der Waals surface area contributed by atoms with E-state index in [1.54, 1.807) is 42.3 Å². The molecule has 132 valence electrons. The molecule has 0 aliphatic carbocycles. The molecule has 4 heteroatoms. The number of unbranched alkanes of at least 4 members (excludes halogenated alkanes) is 2. The van der Waals surface area contributed by atoms with Gasteiger partial charge in [-0.3, -0.25) is 4.79 Å². The molecule has 2 rings (SSSR count). The molecule has 0 spiro atoms. The Bertz CT molecular complexity index is 707. The Morgan fingerprint density at radius 1 is 1.16 bits per heavy atom. The first-order valence-electron chi connectivity index (χ1n) is 8.58. The van der Waals surface area contributed by atoms with Crippen LogP contribution in [0.1, 0.15) is 31.7 Å². The highest BCUT2D eigenvalue weighted by atomic mass is 16.5. The molecule has 0 heterocycles. The van der Waals surface area contributed by atoms with Crippen LogP contribution in [-0.4, -0.2) is 24.7 Å². The van der Waals surface area contributed by atoms with Gasteiger partial charge in [0.05, 0.1) is 6.61 Å². The van der Waals surface area contributed by atoms with Gasteiger partial charge < -0.3 is 14.7 Å². The van der Waals surface area contributed by atoms with Crippen LogP contribution in [0, 0.1) is 0 Å². The predicted molar refractivity (Wildman–Crippen MR) is 102 cm³/mol. The number of nitrogens with zero attached hydrogens (tertiary/aromatic N) is 1. The fourth-order valence-corrected chi connectivity index (χ4v) is 2.32. The number of hydrogen-bond acceptors (Lipinski definition) is 3. The Kier molecular flexibility index (Phi) is 7.08. The average molecular weight is 339 g/mol. The molecule has 0 aromatic heterocycles. The number of rotatable bonds is 8. The van der Waals surface area contributed by atoms with Crippen LogP contribution in [0.2, 0.25) is 0 Å². The summed E-state index contributed by atoms with van der Waals surface area (Å²) in [7, 11) is 1.74. The second-order valence-corrected chi connectivity index (χ2v) is 5.88. The summed E-state index contributed by atoms with van der Waals surface area (Å²) in [6.45, 7) is 2.85. The third-order valence-electron chi connectivity index (χ3n) is 3.86. The number of likely N-dealkylation sites (N-methyl/N-ethyl adjacent to an activating group) is 1. The lowest BCUT2D eigenvalue weighted by atomic mass is 10.2. The van der Waals surface area contributed by atoms with E-state index in [4.69, 9.17) is 4.74 Å². The highest BCUT2D eigenvalue weighted by Crippen LogP contribution is 2.21. The molecule has 0 atom stereocenters. The van der Waals surface area contributed by atoms with Crippen LogP contribution < -0.4 is 9.64 Å². The average Bonchev–Trinajstić information content (AvgIpc) is 2.64. The molecule has 0 unspecified atom stereocenters. The van der Waals surface area contributed by atoms with Crippen molar-refractivity contribution in [2.45, 2.75) is 26.2 Å². The van der Waals surface area contributed by atoms with Gasteiger partial charge >= 0.3 is 0 Å². The SMILES string of the molecule is CCCCCOc1cccc(N(C)C(=O)C=Cc2ccc(O)cc2)c1. The van der Waals surface area contributed by atoms with Gasteiger partial charge in [-0.1, -0.05) is 38.0 Å². The summed E-state index contributed by atoms with van der Waals surface area (Å²) in [5, 5.41) is 9.28. The van der Waals surface area contributed by atoms with Crippen LogP contribution in [0.5, 0.6) is 11.5 Å². The maximum absolute atomic E-state index is 12.3. The third-order valence-corrected chi connectivity index (χ3v) is 3.86. The second-order valence-electron chi connectivity index (χ2n) is 5.88. The van der Waals surface area contributed by atoms with Gasteiger partial charge in [0, 0.05) is 24.9 Å². The summed E-state index contributed by atoms with van der Waals surface area (Å²) in [4.78, 5) is 13.9. The van der Waals surface area contributed by atoms with E-state index in [0.29, 0.717) is 6.61 Å². The van der Waals surface area contributed by atoms with E-state index in [1.165, 1.54) is 6.08 Å². The quantitative estimate of drug-likeness (QED) is 0.563. The highest BCUT2D eigenvalue weighted by Gasteiger charge is 2.08. The van der Waals surface area contributed by atoms with Crippen molar-refractivity contribution in [2.24, 2.45) is 0 Å². The number of carbonyl (C=O) groups excluding carboxylic acids is 1. The van der Waals surface area contributed by atoms with E-state index >= 15 is 0 Å². The Labute approximate surface area is 149 Å². The minimum Gasteiger partial charge on any atom is -0.508 e. The van der Waals surface area contributed by atoms with Crippen molar-refractivity contribution >= 4 is 17.7 Å². The highest BCUT2D eigenvalue weighted by molar-refractivity contribution is 6.03. The van der Waals surface area contributed by atoms with Crippen molar-refractivity contribution < 1.29 is 14.6 Å². The Morgan fingerprint density at radius 2 is 1.92 bits per heavy atom. The summed E-state index contributed by atoms with van der Waals surface area (Å²) in [6, 6.07) is 14.2. The molecule has 4 nitrogen and oxygen atoms in total. The first kappa shape index (κ1) is 18.6. The van der Waals surface area contributed by atoms with E-state index in [9.17, 15) is 9.90 Å². The zero-order valence-electron chi connectivity index (χ0n) is 14.8. The summed E-state index contributed by atoms with van der Waals surface area (Å²) in [5.74, 6) is 0.850. The van der Waals surface area contributed by atoms with Crippen LogP contribution in [-0.2, 0) is 4.79 Å². The van der Waals surface area contributed by atoms with Gasteiger partial charge in [-0.15, -0.1) is 0 Å². The van der Waals surface area contributed by atoms with E-state index < -0.39 is 0 Å². The molecule has 25 heavy (non-hydrogen) atoms. The van der Waals surface area contributed by atoms with E-state index in [-0.39, 0.29) is 11.7 Å². The minimum atomic E-state index is -0.129. The van der Waals surface area contributed by atoms with Crippen LogP contribution >= 0.6 is 0 Å². The smallest absolute Gasteiger partial charge is 0.250 e.